The number of aliphatic imine (C=N–C) groups is 1. The first kappa shape index (κ1) is 12.9. The molecule has 0 aliphatic heterocycles. The van der Waals surface area contributed by atoms with Crippen molar-refractivity contribution in [1.82, 2.24) is 10.3 Å². The molecule has 3 N–H and O–H groups in total. The number of nitrogens with zero attached hydrogens (tertiary/aromatic N) is 2. The van der Waals surface area contributed by atoms with Gasteiger partial charge in [-0.1, -0.05) is 12.5 Å². The minimum Gasteiger partial charge on any atom is -0.370 e. The normalized spacial score (nSPS) is 16.4. The first-order valence-electron chi connectivity index (χ1n) is 6.70. The zero-order chi connectivity index (χ0) is 12.8. The molecule has 1 aromatic rings. The summed E-state index contributed by atoms with van der Waals surface area (Å²) >= 11 is 0. The Morgan fingerprint density at radius 2 is 2.33 bits per heavy atom. The number of nitrogens with one attached hydrogen (secondary N) is 1. The molecule has 98 valence electrons. The van der Waals surface area contributed by atoms with Crippen molar-refractivity contribution in [3.8, 4) is 0 Å². The van der Waals surface area contributed by atoms with Gasteiger partial charge in [-0.2, -0.15) is 0 Å². The van der Waals surface area contributed by atoms with Gasteiger partial charge in [0.2, 0.25) is 0 Å². The highest BCUT2D eigenvalue weighted by Crippen LogP contribution is 2.26. The maximum Gasteiger partial charge on any atom is 0.188 e. The Kier molecular flexibility index (Phi) is 4.56. The Morgan fingerprint density at radius 1 is 1.50 bits per heavy atom. The standard InChI is InChI=1S/C14H22N4/c1-11-4-2-7-13(18-11)8-9-16-14(15)17-10-12-5-3-6-12/h2,4,7,12H,3,5-6,8-10H2,1H3,(H3,15,16,17). The van der Waals surface area contributed by atoms with Crippen LogP contribution in [-0.4, -0.2) is 24.0 Å². The zero-order valence-electron chi connectivity index (χ0n) is 11.0. The lowest BCUT2D eigenvalue weighted by Crippen LogP contribution is -2.34. The fourth-order valence-electron chi connectivity index (χ4n) is 2.02. The summed E-state index contributed by atoms with van der Waals surface area (Å²) < 4.78 is 0. The van der Waals surface area contributed by atoms with E-state index < -0.39 is 0 Å². The highest BCUT2D eigenvalue weighted by Gasteiger charge is 2.16. The van der Waals surface area contributed by atoms with Crippen molar-refractivity contribution >= 4 is 5.96 Å². The molecular weight excluding hydrogens is 224 g/mol. The molecule has 0 amide bonds. The minimum atomic E-state index is 0.564. The van der Waals surface area contributed by atoms with Crippen molar-refractivity contribution in [2.45, 2.75) is 32.6 Å². The second-order valence-corrected chi connectivity index (χ2v) is 4.97. The quantitative estimate of drug-likeness (QED) is 0.613. The van der Waals surface area contributed by atoms with Crippen LogP contribution >= 0.6 is 0 Å². The highest BCUT2D eigenvalue weighted by molar-refractivity contribution is 5.77. The summed E-state index contributed by atoms with van der Waals surface area (Å²) in [7, 11) is 0. The molecule has 1 aliphatic rings. The lowest BCUT2D eigenvalue weighted by molar-refractivity contribution is 0.326. The first-order chi connectivity index (χ1) is 8.74. The molecule has 1 aliphatic carbocycles. The molecule has 4 nitrogen and oxygen atoms in total. The van der Waals surface area contributed by atoms with Crippen LogP contribution in [0, 0.1) is 12.8 Å². The third kappa shape index (κ3) is 4.02. The minimum absolute atomic E-state index is 0.564. The largest absolute Gasteiger partial charge is 0.370 e. The van der Waals surface area contributed by atoms with Crippen LogP contribution in [0.1, 0.15) is 30.7 Å². The van der Waals surface area contributed by atoms with Crippen LogP contribution in [0.4, 0.5) is 0 Å². The maximum atomic E-state index is 5.81. The van der Waals surface area contributed by atoms with Crippen molar-refractivity contribution in [2.75, 3.05) is 13.1 Å². The Balaban J connectivity index is 1.67. The fourth-order valence-corrected chi connectivity index (χ4v) is 2.02. The summed E-state index contributed by atoms with van der Waals surface area (Å²) in [6.07, 6.45) is 4.85. The van der Waals surface area contributed by atoms with Crippen LogP contribution in [0.25, 0.3) is 0 Å². The van der Waals surface area contributed by atoms with Gasteiger partial charge in [-0.15, -0.1) is 0 Å². The summed E-state index contributed by atoms with van der Waals surface area (Å²) in [5.41, 5.74) is 7.96. The molecular formula is C14H22N4. The number of rotatable bonds is 5. The fraction of sp³-hybridized carbons (Fsp3) is 0.571. The van der Waals surface area contributed by atoms with Gasteiger partial charge in [-0.25, -0.2) is 0 Å². The molecule has 0 radical (unpaired) electrons. The molecule has 1 saturated carbocycles. The molecule has 0 saturated heterocycles. The second kappa shape index (κ2) is 6.38. The number of guanidine groups is 1. The molecule has 0 spiro atoms. The van der Waals surface area contributed by atoms with E-state index in [1.165, 1.54) is 19.3 Å². The van der Waals surface area contributed by atoms with E-state index in [0.29, 0.717) is 5.96 Å². The predicted octanol–water partition coefficient (Wildman–Crippen LogP) is 1.64. The van der Waals surface area contributed by atoms with Gasteiger partial charge in [-0.05, 0) is 37.8 Å². The molecule has 0 bridgehead atoms. The smallest absolute Gasteiger partial charge is 0.188 e. The molecule has 0 unspecified atom stereocenters. The van der Waals surface area contributed by atoms with E-state index in [4.69, 9.17) is 5.73 Å². The van der Waals surface area contributed by atoms with E-state index in [-0.39, 0.29) is 0 Å². The van der Waals surface area contributed by atoms with Crippen LogP contribution in [0.2, 0.25) is 0 Å². The SMILES string of the molecule is Cc1cccc(CCNC(N)=NCC2CCC2)n1. The van der Waals surface area contributed by atoms with Gasteiger partial charge < -0.3 is 11.1 Å². The molecule has 1 heterocycles. The van der Waals surface area contributed by atoms with Crippen LogP contribution < -0.4 is 11.1 Å². The van der Waals surface area contributed by atoms with Gasteiger partial charge in [0, 0.05) is 30.9 Å². The summed E-state index contributed by atoms with van der Waals surface area (Å²) in [6.45, 7) is 3.67. The third-order valence-electron chi connectivity index (χ3n) is 3.38. The Bertz CT molecular complexity index is 410. The molecule has 2 rings (SSSR count). The van der Waals surface area contributed by atoms with E-state index in [9.17, 15) is 0 Å². The summed E-state index contributed by atoms with van der Waals surface area (Å²) in [5.74, 6) is 1.33. The average Bonchev–Trinajstić information content (AvgIpc) is 2.27. The number of hydrogen-bond donors (Lipinski definition) is 2. The van der Waals surface area contributed by atoms with Gasteiger partial charge in [0.1, 0.15) is 0 Å². The van der Waals surface area contributed by atoms with E-state index in [1.807, 2.05) is 25.1 Å². The molecule has 4 heteroatoms. The van der Waals surface area contributed by atoms with Crippen LogP contribution in [0.3, 0.4) is 0 Å². The molecule has 0 atom stereocenters. The van der Waals surface area contributed by atoms with Gasteiger partial charge in [0.05, 0.1) is 0 Å². The van der Waals surface area contributed by atoms with Crippen molar-refractivity contribution in [3.63, 3.8) is 0 Å². The first-order valence-corrected chi connectivity index (χ1v) is 6.70. The number of hydrogen-bond acceptors (Lipinski definition) is 2. The number of aryl methyl sites for hydroxylation is 1. The maximum absolute atomic E-state index is 5.81. The lowest BCUT2D eigenvalue weighted by atomic mass is 9.86. The van der Waals surface area contributed by atoms with Crippen molar-refractivity contribution in [2.24, 2.45) is 16.6 Å². The van der Waals surface area contributed by atoms with Gasteiger partial charge in [0.25, 0.3) is 0 Å². The van der Waals surface area contributed by atoms with Crippen LogP contribution in [-0.2, 0) is 6.42 Å². The van der Waals surface area contributed by atoms with Gasteiger partial charge >= 0.3 is 0 Å². The summed E-state index contributed by atoms with van der Waals surface area (Å²) in [5, 5.41) is 3.14. The van der Waals surface area contributed by atoms with E-state index >= 15 is 0 Å². The van der Waals surface area contributed by atoms with Crippen LogP contribution in [0.15, 0.2) is 23.2 Å². The van der Waals surface area contributed by atoms with E-state index in [0.717, 1.165) is 36.8 Å². The van der Waals surface area contributed by atoms with Crippen molar-refractivity contribution in [1.29, 1.82) is 0 Å². The number of aromatic nitrogens is 1. The second-order valence-electron chi connectivity index (χ2n) is 4.97. The van der Waals surface area contributed by atoms with Crippen molar-refractivity contribution < 1.29 is 0 Å². The number of nitrogens with two attached hydrogens (primary N) is 1. The van der Waals surface area contributed by atoms with Crippen LogP contribution in [0.5, 0.6) is 0 Å². The predicted molar refractivity (Wildman–Crippen MR) is 74.5 cm³/mol. The topological polar surface area (TPSA) is 63.3 Å². The Morgan fingerprint density at radius 3 is 3.00 bits per heavy atom. The molecule has 0 aromatic carbocycles. The third-order valence-corrected chi connectivity index (χ3v) is 3.38. The van der Waals surface area contributed by atoms with E-state index in [2.05, 4.69) is 15.3 Å². The lowest BCUT2D eigenvalue weighted by Gasteiger charge is -2.23. The Hall–Kier alpha value is -1.58. The Labute approximate surface area is 109 Å². The highest BCUT2D eigenvalue weighted by atomic mass is 15.1. The molecule has 1 aromatic heterocycles. The van der Waals surface area contributed by atoms with Crippen molar-refractivity contribution in [3.05, 3.63) is 29.6 Å². The zero-order valence-corrected chi connectivity index (χ0v) is 11.0. The summed E-state index contributed by atoms with van der Waals surface area (Å²) in [4.78, 5) is 8.80. The van der Waals surface area contributed by atoms with Gasteiger partial charge in [-0.3, -0.25) is 9.98 Å². The van der Waals surface area contributed by atoms with E-state index in [1.54, 1.807) is 0 Å². The number of pyridine rings is 1. The average molecular weight is 246 g/mol. The summed E-state index contributed by atoms with van der Waals surface area (Å²) in [6, 6.07) is 6.08. The molecule has 18 heavy (non-hydrogen) atoms. The molecule has 1 fully saturated rings. The van der Waals surface area contributed by atoms with Gasteiger partial charge in [0.15, 0.2) is 5.96 Å². The monoisotopic (exact) mass is 246 g/mol.